The van der Waals surface area contributed by atoms with Gasteiger partial charge in [-0.05, 0) is 30.7 Å². The first-order chi connectivity index (χ1) is 13.5. The quantitative estimate of drug-likeness (QED) is 0.428. The van der Waals surface area contributed by atoms with Crippen LogP contribution in [0.5, 0.6) is 0 Å². The molecule has 1 fully saturated rings. The maximum Gasteiger partial charge on any atom is 0.269 e. The fourth-order valence-electron chi connectivity index (χ4n) is 2.44. The SMILES string of the molecule is O=C(CCCN1C(=O)/C(=C\c2ccco2)SC1=S)NNC(=O)c1ccccc1. The Hall–Kier alpha value is -2.91. The molecule has 7 nitrogen and oxygen atoms in total. The van der Waals surface area contributed by atoms with Crippen molar-refractivity contribution in [2.24, 2.45) is 0 Å². The van der Waals surface area contributed by atoms with Crippen LogP contribution < -0.4 is 10.9 Å². The average molecular weight is 415 g/mol. The summed E-state index contributed by atoms with van der Waals surface area (Å²) in [7, 11) is 0. The monoisotopic (exact) mass is 415 g/mol. The van der Waals surface area contributed by atoms with Crippen LogP contribution in [0.25, 0.3) is 6.08 Å². The summed E-state index contributed by atoms with van der Waals surface area (Å²) in [6.45, 7) is 0.320. The number of furan rings is 1. The van der Waals surface area contributed by atoms with Crippen LogP contribution >= 0.6 is 24.0 Å². The van der Waals surface area contributed by atoms with Gasteiger partial charge in [0, 0.05) is 24.6 Å². The minimum Gasteiger partial charge on any atom is -0.465 e. The molecule has 0 atom stereocenters. The van der Waals surface area contributed by atoms with Gasteiger partial charge in [-0.25, -0.2) is 0 Å². The maximum absolute atomic E-state index is 12.4. The molecule has 1 aliphatic heterocycles. The van der Waals surface area contributed by atoms with Crippen molar-refractivity contribution in [3.63, 3.8) is 0 Å². The molecule has 3 rings (SSSR count). The van der Waals surface area contributed by atoms with Gasteiger partial charge < -0.3 is 4.42 Å². The molecule has 0 unspecified atom stereocenters. The standard InChI is InChI=1S/C19H17N3O4S2/c23-16(20-21-17(24)13-6-2-1-3-7-13)9-4-10-22-18(25)15(28-19(22)27)12-14-8-5-11-26-14/h1-3,5-8,11-12H,4,9-10H2,(H,20,23)(H,21,24)/b15-12+. The highest BCUT2D eigenvalue weighted by atomic mass is 32.2. The number of carbonyl (C=O) groups excluding carboxylic acids is 3. The predicted molar refractivity (Wildman–Crippen MR) is 110 cm³/mol. The van der Waals surface area contributed by atoms with Crippen molar-refractivity contribution in [2.45, 2.75) is 12.8 Å². The lowest BCUT2D eigenvalue weighted by Crippen LogP contribution is -2.41. The zero-order chi connectivity index (χ0) is 19.9. The van der Waals surface area contributed by atoms with Crippen LogP contribution in [0.15, 0.2) is 58.1 Å². The smallest absolute Gasteiger partial charge is 0.269 e. The summed E-state index contributed by atoms with van der Waals surface area (Å²) in [5, 5.41) is 0. The van der Waals surface area contributed by atoms with E-state index >= 15 is 0 Å². The lowest BCUT2D eigenvalue weighted by atomic mass is 10.2. The minimum atomic E-state index is -0.394. The second-order valence-electron chi connectivity index (χ2n) is 5.82. The van der Waals surface area contributed by atoms with Crippen LogP contribution in [0.1, 0.15) is 29.0 Å². The largest absolute Gasteiger partial charge is 0.465 e. The van der Waals surface area contributed by atoms with Gasteiger partial charge in [0.15, 0.2) is 0 Å². The number of amides is 3. The van der Waals surface area contributed by atoms with E-state index in [0.717, 1.165) is 0 Å². The Morgan fingerprint density at radius 1 is 1.14 bits per heavy atom. The molecule has 1 aromatic heterocycles. The summed E-state index contributed by atoms with van der Waals surface area (Å²) in [5.41, 5.74) is 5.17. The average Bonchev–Trinajstić information content (AvgIpc) is 3.30. The highest BCUT2D eigenvalue weighted by Crippen LogP contribution is 2.32. The Balaban J connectivity index is 1.43. The van der Waals surface area contributed by atoms with Gasteiger partial charge in [-0.2, -0.15) is 0 Å². The van der Waals surface area contributed by atoms with Gasteiger partial charge in [0.25, 0.3) is 11.8 Å². The molecular formula is C19H17N3O4S2. The van der Waals surface area contributed by atoms with Crippen LogP contribution in [-0.2, 0) is 9.59 Å². The Morgan fingerprint density at radius 3 is 2.64 bits per heavy atom. The fourth-order valence-corrected chi connectivity index (χ4v) is 3.73. The van der Waals surface area contributed by atoms with Gasteiger partial charge in [-0.3, -0.25) is 30.1 Å². The first kappa shape index (κ1) is 19.8. The number of nitrogens with one attached hydrogen (secondary N) is 2. The van der Waals surface area contributed by atoms with E-state index in [9.17, 15) is 14.4 Å². The second-order valence-corrected chi connectivity index (χ2v) is 7.50. The van der Waals surface area contributed by atoms with Crippen molar-refractivity contribution in [3.8, 4) is 0 Å². The number of nitrogens with zero attached hydrogens (tertiary/aromatic N) is 1. The van der Waals surface area contributed by atoms with Gasteiger partial charge in [0.2, 0.25) is 5.91 Å². The third-order valence-electron chi connectivity index (χ3n) is 3.83. The van der Waals surface area contributed by atoms with Crippen molar-refractivity contribution in [2.75, 3.05) is 6.54 Å². The molecule has 2 aromatic rings. The third-order valence-corrected chi connectivity index (χ3v) is 5.20. The molecule has 1 aliphatic rings. The lowest BCUT2D eigenvalue weighted by molar-refractivity contribution is -0.124. The second kappa shape index (κ2) is 9.34. The van der Waals surface area contributed by atoms with Crippen LogP contribution in [-0.4, -0.2) is 33.5 Å². The van der Waals surface area contributed by atoms with Gasteiger partial charge in [0.1, 0.15) is 10.1 Å². The lowest BCUT2D eigenvalue weighted by Gasteiger charge is -2.14. The van der Waals surface area contributed by atoms with E-state index in [-0.39, 0.29) is 18.2 Å². The molecule has 144 valence electrons. The first-order valence-electron chi connectivity index (χ1n) is 8.47. The number of hydrazine groups is 1. The van der Waals surface area contributed by atoms with E-state index in [4.69, 9.17) is 16.6 Å². The molecule has 9 heteroatoms. The maximum atomic E-state index is 12.4. The Labute approximate surface area is 171 Å². The molecule has 3 amide bonds. The summed E-state index contributed by atoms with van der Waals surface area (Å²) in [4.78, 5) is 38.2. The van der Waals surface area contributed by atoms with E-state index in [1.165, 1.54) is 22.9 Å². The molecule has 28 heavy (non-hydrogen) atoms. The van der Waals surface area contributed by atoms with Crippen molar-refractivity contribution in [1.82, 2.24) is 15.8 Å². The molecule has 0 spiro atoms. The molecule has 0 saturated carbocycles. The van der Waals surface area contributed by atoms with Gasteiger partial charge >= 0.3 is 0 Å². The molecule has 2 N–H and O–H groups in total. The molecule has 1 aromatic carbocycles. The van der Waals surface area contributed by atoms with Crippen LogP contribution in [0, 0.1) is 0 Å². The molecule has 0 aliphatic carbocycles. The third kappa shape index (κ3) is 5.08. The molecule has 1 saturated heterocycles. The van der Waals surface area contributed by atoms with Crippen LogP contribution in [0.3, 0.4) is 0 Å². The summed E-state index contributed by atoms with van der Waals surface area (Å²) in [6, 6.07) is 12.0. The first-order valence-corrected chi connectivity index (χ1v) is 9.70. The van der Waals surface area contributed by atoms with Gasteiger partial charge in [-0.15, -0.1) is 0 Å². The van der Waals surface area contributed by atoms with E-state index in [2.05, 4.69) is 10.9 Å². The Kier molecular flexibility index (Phi) is 6.62. The van der Waals surface area contributed by atoms with Crippen LogP contribution in [0.4, 0.5) is 0 Å². The number of hydrogen-bond donors (Lipinski definition) is 2. The number of benzene rings is 1. The number of carbonyl (C=O) groups is 3. The van der Waals surface area contributed by atoms with Crippen molar-refractivity contribution >= 4 is 52.1 Å². The topological polar surface area (TPSA) is 91.7 Å². The summed E-state index contributed by atoms with van der Waals surface area (Å²) >= 11 is 6.45. The Morgan fingerprint density at radius 2 is 1.93 bits per heavy atom. The molecule has 0 bridgehead atoms. The summed E-state index contributed by atoms with van der Waals surface area (Å²) in [6.07, 6.45) is 3.73. The number of thiocarbonyl (C=S) groups is 1. The number of rotatable bonds is 6. The highest BCUT2D eigenvalue weighted by molar-refractivity contribution is 8.26. The molecular weight excluding hydrogens is 398 g/mol. The van der Waals surface area contributed by atoms with E-state index in [1.807, 2.05) is 0 Å². The number of thioether (sulfide) groups is 1. The summed E-state index contributed by atoms with van der Waals surface area (Å²) < 4.78 is 5.66. The van der Waals surface area contributed by atoms with Gasteiger partial charge in [-0.1, -0.05) is 42.2 Å². The molecule has 0 radical (unpaired) electrons. The van der Waals surface area contributed by atoms with E-state index in [0.29, 0.717) is 33.5 Å². The van der Waals surface area contributed by atoms with Crippen molar-refractivity contribution in [1.29, 1.82) is 0 Å². The zero-order valence-corrected chi connectivity index (χ0v) is 16.3. The molecule has 2 heterocycles. The summed E-state index contributed by atoms with van der Waals surface area (Å²) in [5.74, 6) is -0.368. The van der Waals surface area contributed by atoms with Gasteiger partial charge in [0.05, 0.1) is 11.2 Å². The van der Waals surface area contributed by atoms with Crippen LogP contribution in [0.2, 0.25) is 0 Å². The number of hydrogen-bond acceptors (Lipinski definition) is 6. The van der Waals surface area contributed by atoms with E-state index in [1.54, 1.807) is 48.5 Å². The normalized spacial score (nSPS) is 15.1. The fraction of sp³-hybridized carbons (Fsp3) is 0.158. The predicted octanol–water partition coefficient (Wildman–Crippen LogP) is 2.72. The minimum absolute atomic E-state index is 0.142. The van der Waals surface area contributed by atoms with Crippen molar-refractivity contribution < 1.29 is 18.8 Å². The Bertz CT molecular complexity index is 911. The zero-order valence-electron chi connectivity index (χ0n) is 14.7. The van der Waals surface area contributed by atoms with Crippen molar-refractivity contribution in [3.05, 3.63) is 65.0 Å². The van der Waals surface area contributed by atoms with E-state index < -0.39 is 5.91 Å². The highest BCUT2D eigenvalue weighted by Gasteiger charge is 2.31.